The first-order valence-electron chi connectivity index (χ1n) is 6.47. The number of benzene rings is 1. The summed E-state index contributed by atoms with van der Waals surface area (Å²) in [7, 11) is 0. The average Bonchev–Trinajstić information content (AvgIpc) is 2.36. The number of carbonyl (C=O) groups is 1. The fourth-order valence-corrected chi connectivity index (χ4v) is 2.05. The van der Waals surface area contributed by atoms with Crippen molar-refractivity contribution in [2.45, 2.75) is 27.3 Å². The minimum Gasteiger partial charge on any atom is -0.508 e. The molecule has 0 fully saturated rings. The molecule has 1 aromatic carbocycles. The number of rotatable bonds is 3. The van der Waals surface area contributed by atoms with Gasteiger partial charge in [-0.3, -0.25) is 4.79 Å². The van der Waals surface area contributed by atoms with E-state index in [0.717, 1.165) is 11.3 Å². The molecule has 0 aliphatic carbocycles. The molecule has 0 bridgehead atoms. The number of carbonyl (C=O) groups excluding carboxylic acids is 1. The van der Waals surface area contributed by atoms with E-state index < -0.39 is 0 Å². The van der Waals surface area contributed by atoms with Crippen LogP contribution in [-0.2, 0) is 11.3 Å². The summed E-state index contributed by atoms with van der Waals surface area (Å²) in [4.78, 5) is 21.7. The Morgan fingerprint density at radius 3 is 2.33 bits per heavy atom. The van der Waals surface area contributed by atoms with E-state index >= 15 is 0 Å². The van der Waals surface area contributed by atoms with Gasteiger partial charge in [0.05, 0.1) is 12.2 Å². The summed E-state index contributed by atoms with van der Waals surface area (Å²) in [5.41, 5.74) is 2.01. The molecule has 2 rings (SSSR count). The Morgan fingerprint density at radius 2 is 1.81 bits per heavy atom. The molecule has 0 saturated heterocycles. The van der Waals surface area contributed by atoms with Crippen LogP contribution in [0.5, 0.6) is 11.5 Å². The number of hydrogen-bond acceptors (Lipinski definition) is 5. The zero-order chi connectivity index (χ0) is 15.6. The van der Waals surface area contributed by atoms with Gasteiger partial charge in [-0.15, -0.1) is 0 Å². The highest BCUT2D eigenvalue weighted by Crippen LogP contribution is 2.28. The van der Waals surface area contributed by atoms with Crippen LogP contribution in [0.15, 0.2) is 24.4 Å². The Morgan fingerprint density at radius 1 is 1.19 bits per heavy atom. The van der Waals surface area contributed by atoms with E-state index in [4.69, 9.17) is 0 Å². The van der Waals surface area contributed by atoms with E-state index in [-0.39, 0.29) is 24.0 Å². The average molecular weight is 287 g/mol. The van der Waals surface area contributed by atoms with Crippen molar-refractivity contribution in [1.82, 2.24) is 9.97 Å². The van der Waals surface area contributed by atoms with Gasteiger partial charge in [-0.1, -0.05) is 0 Å². The molecule has 21 heavy (non-hydrogen) atoms. The van der Waals surface area contributed by atoms with Gasteiger partial charge in [0.1, 0.15) is 17.3 Å². The molecular weight excluding hydrogens is 270 g/mol. The number of anilines is 1. The summed E-state index contributed by atoms with van der Waals surface area (Å²) in [5, 5.41) is 19.1. The molecule has 1 aromatic heterocycles. The lowest BCUT2D eigenvalue weighted by molar-refractivity contribution is -0.116. The third-order valence-electron chi connectivity index (χ3n) is 3.11. The van der Waals surface area contributed by atoms with Crippen LogP contribution in [0.25, 0.3) is 0 Å². The number of aromatic hydroxyl groups is 2. The molecule has 0 aliphatic rings. The predicted molar refractivity (Wildman–Crippen MR) is 78.1 cm³/mol. The van der Waals surface area contributed by atoms with Crippen molar-refractivity contribution in [3.63, 3.8) is 0 Å². The summed E-state index contributed by atoms with van der Waals surface area (Å²) in [5.74, 6) is 0.252. The topological polar surface area (TPSA) is 86.6 Å². The Balaban J connectivity index is 2.37. The molecule has 110 valence electrons. The van der Waals surface area contributed by atoms with Crippen molar-refractivity contribution in [1.29, 1.82) is 0 Å². The molecule has 0 unspecified atom stereocenters. The van der Waals surface area contributed by atoms with Gasteiger partial charge in [-0.25, -0.2) is 9.97 Å². The van der Waals surface area contributed by atoms with Crippen LogP contribution in [0, 0.1) is 13.8 Å². The van der Waals surface area contributed by atoms with Crippen molar-refractivity contribution < 1.29 is 15.0 Å². The number of phenolic OH excluding ortho intramolecular Hbond substituents is 2. The quantitative estimate of drug-likeness (QED) is 0.902. The maximum Gasteiger partial charge on any atom is 0.224 e. The van der Waals surface area contributed by atoms with Crippen LogP contribution in [0.3, 0.4) is 0 Å². The summed E-state index contributed by atoms with van der Waals surface area (Å²) < 4.78 is 0. The van der Waals surface area contributed by atoms with Crippen LogP contribution < -0.4 is 4.90 Å². The molecule has 0 radical (unpaired) electrons. The monoisotopic (exact) mass is 287 g/mol. The van der Waals surface area contributed by atoms with Gasteiger partial charge in [-0.05, 0) is 13.8 Å². The minimum atomic E-state index is -0.208. The van der Waals surface area contributed by atoms with Gasteiger partial charge in [0.15, 0.2) is 0 Å². The molecule has 0 spiro atoms. The summed E-state index contributed by atoms with van der Waals surface area (Å²) in [6, 6.07) is 4.05. The third-order valence-corrected chi connectivity index (χ3v) is 3.11. The van der Waals surface area contributed by atoms with E-state index in [1.807, 2.05) is 6.92 Å². The van der Waals surface area contributed by atoms with E-state index in [9.17, 15) is 15.0 Å². The van der Waals surface area contributed by atoms with Gasteiger partial charge < -0.3 is 15.1 Å². The second kappa shape index (κ2) is 5.78. The van der Waals surface area contributed by atoms with E-state index in [0.29, 0.717) is 11.5 Å². The minimum absolute atomic E-state index is 0.104. The largest absolute Gasteiger partial charge is 0.508 e. The lowest BCUT2D eigenvalue weighted by Gasteiger charge is -2.22. The van der Waals surface area contributed by atoms with Crippen molar-refractivity contribution in [3.8, 4) is 11.5 Å². The van der Waals surface area contributed by atoms with Crippen molar-refractivity contribution in [3.05, 3.63) is 41.5 Å². The number of amides is 1. The highest BCUT2D eigenvalue weighted by molar-refractivity contribution is 5.91. The maximum atomic E-state index is 11.9. The number of nitrogens with zero attached hydrogens (tertiary/aromatic N) is 3. The zero-order valence-electron chi connectivity index (χ0n) is 12.2. The first-order valence-corrected chi connectivity index (χ1v) is 6.47. The number of phenols is 2. The molecule has 0 saturated carbocycles. The third kappa shape index (κ3) is 3.47. The Hall–Kier alpha value is -2.63. The van der Waals surface area contributed by atoms with Gasteiger partial charge in [0.2, 0.25) is 5.91 Å². The van der Waals surface area contributed by atoms with Gasteiger partial charge in [-0.2, -0.15) is 0 Å². The summed E-state index contributed by atoms with van der Waals surface area (Å²) in [6.07, 6.45) is 1.68. The first-order chi connectivity index (χ1) is 9.86. The van der Waals surface area contributed by atoms with Crippen molar-refractivity contribution in [2.75, 3.05) is 4.90 Å². The Bertz CT molecular complexity index is 666. The second-order valence-electron chi connectivity index (χ2n) is 4.84. The molecule has 1 amide bonds. The molecule has 0 atom stereocenters. The van der Waals surface area contributed by atoms with Crippen LogP contribution >= 0.6 is 0 Å². The normalized spacial score (nSPS) is 10.4. The first kappa shape index (κ1) is 14.8. The van der Waals surface area contributed by atoms with Crippen LogP contribution in [0.1, 0.15) is 24.0 Å². The van der Waals surface area contributed by atoms with Crippen molar-refractivity contribution in [2.24, 2.45) is 0 Å². The Kier molecular flexibility index (Phi) is 4.07. The molecule has 6 nitrogen and oxygen atoms in total. The lowest BCUT2D eigenvalue weighted by Crippen LogP contribution is -2.28. The van der Waals surface area contributed by atoms with E-state index in [1.54, 1.807) is 13.1 Å². The van der Waals surface area contributed by atoms with Gasteiger partial charge >= 0.3 is 0 Å². The fraction of sp³-hybridized carbons (Fsp3) is 0.267. The number of hydrogen-bond donors (Lipinski definition) is 2. The van der Waals surface area contributed by atoms with Crippen molar-refractivity contribution >= 4 is 11.6 Å². The summed E-state index contributed by atoms with van der Waals surface area (Å²) in [6.45, 7) is 5.34. The molecule has 1 heterocycles. The van der Waals surface area contributed by atoms with Crippen LogP contribution in [0.2, 0.25) is 0 Å². The Labute approximate surface area is 122 Å². The van der Waals surface area contributed by atoms with Gasteiger partial charge in [0.25, 0.3) is 0 Å². The molecular formula is C15H17N3O3. The molecule has 2 N–H and O–H groups in total. The molecule has 2 aromatic rings. The molecule has 6 heteroatoms. The fourth-order valence-electron chi connectivity index (χ4n) is 2.05. The highest BCUT2D eigenvalue weighted by atomic mass is 16.3. The van der Waals surface area contributed by atoms with Crippen LogP contribution in [0.4, 0.5) is 5.69 Å². The van der Waals surface area contributed by atoms with Gasteiger partial charge in [0, 0.05) is 42.6 Å². The zero-order valence-corrected chi connectivity index (χ0v) is 12.2. The summed E-state index contributed by atoms with van der Waals surface area (Å²) >= 11 is 0. The van der Waals surface area contributed by atoms with E-state index in [1.165, 1.54) is 30.0 Å². The lowest BCUT2D eigenvalue weighted by atomic mass is 10.2. The van der Waals surface area contributed by atoms with Crippen LogP contribution in [-0.4, -0.2) is 26.1 Å². The number of aryl methyl sites for hydroxylation is 2. The van der Waals surface area contributed by atoms with E-state index in [2.05, 4.69) is 9.97 Å². The predicted octanol–water partition coefficient (Wildman–Crippen LogP) is 2.06. The highest BCUT2D eigenvalue weighted by Gasteiger charge is 2.15. The second-order valence-corrected chi connectivity index (χ2v) is 4.84. The SMILES string of the molecule is CC(=O)N(Cc1cnc(C)nc1C)c1cc(O)cc(O)c1. The maximum absolute atomic E-state index is 11.9. The smallest absolute Gasteiger partial charge is 0.224 e. The standard InChI is InChI=1S/C15H17N3O3/c1-9-12(7-16-10(2)17-9)8-18(11(3)19)13-4-14(20)6-15(21)5-13/h4-7,20-21H,8H2,1-3H3. The number of aromatic nitrogens is 2. The molecule has 0 aliphatic heterocycles.